The largest absolute Gasteiger partial charge is 0.370 e. The van der Waals surface area contributed by atoms with Crippen LogP contribution in [0.25, 0.3) is 6.08 Å². The summed E-state index contributed by atoms with van der Waals surface area (Å²) in [7, 11) is 0. The van der Waals surface area contributed by atoms with Gasteiger partial charge in [-0.3, -0.25) is 34.2 Å². The fourth-order valence-corrected chi connectivity index (χ4v) is 8.40. The molecule has 0 radical (unpaired) electrons. The summed E-state index contributed by atoms with van der Waals surface area (Å²) in [4.78, 5) is 83.3. The Morgan fingerprint density at radius 2 is 1.62 bits per heavy atom. The first-order chi connectivity index (χ1) is 27.5. The van der Waals surface area contributed by atoms with Gasteiger partial charge in [-0.2, -0.15) is 11.8 Å². The van der Waals surface area contributed by atoms with E-state index in [0.717, 1.165) is 30.4 Å². The lowest BCUT2D eigenvalue weighted by molar-refractivity contribution is -0.140. The standard InChI is InChI=1S/C42H65N9O6S/c1-6-8-21-33(52)51-23-14-20-32(51)39(56)49-34(29-17-10-9-11-18-29)40(57)48-31(26-58-25-28-16-12-15-27(7-2)24-28)38(55)47-30(19-13-22-46-41(44)45)37(54)50-35(36(43)53)42(3,4)5/h6-7,12,15-16,24,29-32,34-35H,1-2,8-11,13-14,17-23,25-26H2,3-5H3,(H2,43,53)(H,47,55)(H,48,57)(H,49,56)(H,50,54)(H4,44,45,46)/t30-,31-,32-,34-,35+/m0/s1. The zero-order valence-electron chi connectivity index (χ0n) is 34.4. The Kier molecular flexibility index (Phi) is 19.3. The van der Waals surface area contributed by atoms with Crippen molar-refractivity contribution in [1.82, 2.24) is 31.5 Å². The fourth-order valence-electron chi connectivity index (χ4n) is 7.40. The predicted octanol–water partition coefficient (Wildman–Crippen LogP) is 2.83. The van der Waals surface area contributed by atoms with Gasteiger partial charge in [-0.15, -0.1) is 6.58 Å². The minimum atomic E-state index is -1.14. The van der Waals surface area contributed by atoms with Crippen molar-refractivity contribution < 1.29 is 28.8 Å². The highest BCUT2D eigenvalue weighted by Gasteiger charge is 2.39. The Hall–Kier alpha value is -4.86. The van der Waals surface area contributed by atoms with Gasteiger partial charge in [-0.1, -0.05) is 83.0 Å². The first kappa shape index (κ1) is 47.5. The number of carbonyl (C=O) groups is 6. The molecule has 0 spiro atoms. The molecule has 1 saturated heterocycles. The average molecular weight is 824 g/mol. The maximum atomic E-state index is 14.4. The molecule has 320 valence electrons. The van der Waals surface area contributed by atoms with Crippen LogP contribution in [0.2, 0.25) is 0 Å². The topological polar surface area (TPSA) is 242 Å². The predicted molar refractivity (Wildman–Crippen MR) is 229 cm³/mol. The second kappa shape index (κ2) is 23.5. The number of guanidine groups is 1. The van der Waals surface area contributed by atoms with Crippen molar-refractivity contribution in [3.05, 3.63) is 54.6 Å². The summed E-state index contributed by atoms with van der Waals surface area (Å²) in [5, 5.41) is 21.6. The number of rotatable bonds is 22. The minimum absolute atomic E-state index is 0.111. The molecule has 5 atom stereocenters. The highest BCUT2D eigenvalue weighted by Crippen LogP contribution is 2.28. The van der Waals surface area contributed by atoms with Crippen molar-refractivity contribution >= 4 is 59.2 Å². The third-order valence-corrected chi connectivity index (χ3v) is 11.7. The van der Waals surface area contributed by atoms with Crippen LogP contribution >= 0.6 is 11.8 Å². The van der Waals surface area contributed by atoms with Crippen LogP contribution in [0.15, 0.2) is 43.5 Å². The van der Waals surface area contributed by atoms with Gasteiger partial charge in [0.2, 0.25) is 35.4 Å². The molecule has 3 rings (SSSR count). The lowest BCUT2D eigenvalue weighted by Gasteiger charge is -2.33. The first-order valence-corrected chi connectivity index (χ1v) is 21.5. The monoisotopic (exact) mass is 823 g/mol. The summed E-state index contributed by atoms with van der Waals surface area (Å²) in [6, 6.07) is 2.81. The molecule has 0 bridgehead atoms. The fraction of sp³-hybridized carbons (Fsp3) is 0.595. The molecule has 2 aliphatic rings. The molecule has 1 aromatic rings. The summed E-state index contributed by atoms with van der Waals surface area (Å²) >= 11 is 1.42. The van der Waals surface area contributed by atoms with E-state index in [1.165, 1.54) is 11.8 Å². The Bertz CT molecular complexity index is 1630. The number of amides is 6. The first-order valence-electron chi connectivity index (χ1n) is 20.3. The van der Waals surface area contributed by atoms with E-state index in [9.17, 15) is 28.8 Å². The van der Waals surface area contributed by atoms with Crippen molar-refractivity contribution in [3.8, 4) is 0 Å². The van der Waals surface area contributed by atoms with Crippen LogP contribution in [0.5, 0.6) is 0 Å². The Morgan fingerprint density at radius 3 is 2.26 bits per heavy atom. The van der Waals surface area contributed by atoms with Crippen molar-refractivity contribution in [2.75, 3.05) is 18.8 Å². The third kappa shape index (κ3) is 15.1. The van der Waals surface area contributed by atoms with E-state index in [2.05, 4.69) is 39.7 Å². The lowest BCUT2D eigenvalue weighted by Crippen LogP contribution is -2.61. The van der Waals surface area contributed by atoms with E-state index >= 15 is 0 Å². The Morgan fingerprint density at radius 1 is 0.931 bits per heavy atom. The molecule has 15 nitrogen and oxygen atoms in total. The molecule has 1 saturated carbocycles. The van der Waals surface area contributed by atoms with Crippen molar-refractivity contribution in [3.63, 3.8) is 0 Å². The van der Waals surface area contributed by atoms with Gasteiger partial charge in [0.05, 0.1) is 0 Å². The van der Waals surface area contributed by atoms with Gasteiger partial charge in [0.15, 0.2) is 5.96 Å². The second-order valence-corrected chi connectivity index (χ2v) is 17.3. The molecule has 1 aliphatic carbocycles. The third-order valence-electron chi connectivity index (χ3n) is 10.6. The maximum Gasteiger partial charge on any atom is 0.244 e. The quantitative estimate of drug-likeness (QED) is 0.0371. The summed E-state index contributed by atoms with van der Waals surface area (Å²) in [6.45, 7) is 13.5. The van der Waals surface area contributed by atoms with E-state index < -0.39 is 65.2 Å². The second-order valence-electron chi connectivity index (χ2n) is 16.2. The van der Waals surface area contributed by atoms with Crippen molar-refractivity contribution in [2.45, 2.75) is 127 Å². The molecule has 1 heterocycles. The van der Waals surface area contributed by atoms with Crippen molar-refractivity contribution in [1.29, 1.82) is 5.41 Å². The van der Waals surface area contributed by atoms with E-state index in [1.807, 2.05) is 24.3 Å². The molecule has 16 heteroatoms. The van der Waals surface area contributed by atoms with E-state index in [-0.39, 0.29) is 42.9 Å². The average Bonchev–Trinajstić information content (AvgIpc) is 3.69. The van der Waals surface area contributed by atoms with Crippen LogP contribution in [0.1, 0.15) is 103 Å². The Labute approximate surface area is 347 Å². The molecule has 1 aromatic carbocycles. The number of nitrogens with zero attached hydrogens (tertiary/aromatic N) is 1. The number of primary amides is 1. The summed E-state index contributed by atoms with van der Waals surface area (Å²) in [5.74, 6) is -2.85. The number of likely N-dealkylation sites (tertiary alicyclic amines) is 1. The maximum absolute atomic E-state index is 14.4. The smallest absolute Gasteiger partial charge is 0.244 e. The molecule has 0 unspecified atom stereocenters. The van der Waals surface area contributed by atoms with Gasteiger partial charge in [-0.25, -0.2) is 0 Å². The molecule has 6 amide bonds. The summed E-state index contributed by atoms with van der Waals surface area (Å²) in [5.41, 5.74) is 12.3. The van der Waals surface area contributed by atoms with Crippen LogP contribution in [0, 0.1) is 16.7 Å². The van der Waals surface area contributed by atoms with Crippen LogP contribution in [0.3, 0.4) is 0 Å². The molecular weight excluding hydrogens is 759 g/mol. The van der Waals surface area contributed by atoms with Gasteiger partial charge < -0.3 is 43.0 Å². The molecular formula is C42H65N9O6S. The molecule has 10 N–H and O–H groups in total. The molecule has 1 aliphatic heterocycles. The van der Waals surface area contributed by atoms with Crippen LogP contribution in [-0.4, -0.2) is 95.4 Å². The molecule has 0 aromatic heterocycles. The number of benzene rings is 1. The highest BCUT2D eigenvalue weighted by molar-refractivity contribution is 7.98. The number of hydrogen-bond donors (Lipinski definition) is 8. The highest BCUT2D eigenvalue weighted by atomic mass is 32.2. The van der Waals surface area contributed by atoms with Crippen molar-refractivity contribution in [2.24, 2.45) is 22.8 Å². The molecule has 58 heavy (non-hydrogen) atoms. The zero-order chi connectivity index (χ0) is 42.8. The number of nitrogens with one attached hydrogen (secondary N) is 6. The van der Waals surface area contributed by atoms with E-state index in [0.29, 0.717) is 50.8 Å². The van der Waals surface area contributed by atoms with Crippen LogP contribution in [-0.2, 0) is 34.5 Å². The summed E-state index contributed by atoms with van der Waals surface area (Å²) in [6.07, 6.45) is 9.95. The number of nitrogens with two attached hydrogens (primary N) is 2. The van der Waals surface area contributed by atoms with E-state index in [4.69, 9.17) is 16.9 Å². The van der Waals surface area contributed by atoms with Crippen LogP contribution < -0.4 is 38.1 Å². The number of allylic oxidation sites excluding steroid dienone is 1. The van der Waals surface area contributed by atoms with E-state index in [1.54, 1.807) is 37.8 Å². The Balaban J connectivity index is 1.90. The molecule has 2 fully saturated rings. The normalized spacial score (nSPS) is 17.8. The van der Waals surface area contributed by atoms with Gasteiger partial charge in [0.25, 0.3) is 0 Å². The SMILES string of the molecule is C=CCCC(=O)N1CCC[C@H]1C(=O)N[C@H](C(=O)N[C@@H](CSCc1cccc(C=C)c1)C(=O)N[C@@H](CCCNC(=N)N)C(=O)N[C@H](C(N)=O)C(C)(C)C)C1CCCCC1. The van der Waals surface area contributed by atoms with Gasteiger partial charge in [0, 0.05) is 31.0 Å². The van der Waals surface area contributed by atoms with Crippen LogP contribution in [0.4, 0.5) is 0 Å². The minimum Gasteiger partial charge on any atom is -0.370 e. The van der Waals surface area contributed by atoms with Gasteiger partial charge in [-0.05, 0) is 67.4 Å². The van der Waals surface area contributed by atoms with Gasteiger partial charge in [0.1, 0.15) is 30.2 Å². The summed E-state index contributed by atoms with van der Waals surface area (Å²) < 4.78 is 0. The zero-order valence-corrected chi connectivity index (χ0v) is 35.2. The number of thioether (sulfide) groups is 1. The lowest BCUT2D eigenvalue weighted by atomic mass is 9.83. The number of carbonyl (C=O) groups excluding carboxylic acids is 6. The number of hydrogen-bond acceptors (Lipinski definition) is 8. The van der Waals surface area contributed by atoms with Gasteiger partial charge >= 0.3 is 0 Å².